The van der Waals surface area contributed by atoms with Gasteiger partial charge in [0.15, 0.2) is 5.78 Å². The molecule has 1 aromatic carbocycles. The number of ether oxygens (including phenoxy) is 1. The summed E-state index contributed by atoms with van der Waals surface area (Å²) in [6.07, 6.45) is 6.51. The lowest BCUT2D eigenvalue weighted by Crippen LogP contribution is -2.48. The van der Waals surface area contributed by atoms with Crippen molar-refractivity contribution in [3.05, 3.63) is 46.3 Å². The number of carbonyl (C=O) groups is 3. The van der Waals surface area contributed by atoms with Crippen LogP contribution in [0.4, 0.5) is 5.69 Å². The maximum Gasteiger partial charge on any atom is 0.268 e. The van der Waals surface area contributed by atoms with Crippen LogP contribution in [0.5, 0.6) is 5.75 Å². The van der Waals surface area contributed by atoms with Crippen LogP contribution in [0, 0.1) is 18.3 Å². The van der Waals surface area contributed by atoms with Crippen molar-refractivity contribution in [2.45, 2.75) is 85.1 Å². The molecule has 0 saturated carbocycles. The van der Waals surface area contributed by atoms with E-state index in [0.29, 0.717) is 55.2 Å². The molecule has 2 aromatic rings. The average molecular weight is 563 g/mol. The fourth-order valence-corrected chi connectivity index (χ4v) is 6.75. The summed E-state index contributed by atoms with van der Waals surface area (Å²) in [7, 11) is 2.16. The number of piperidine rings is 1. The first-order chi connectivity index (χ1) is 19.6. The van der Waals surface area contributed by atoms with E-state index in [0.717, 1.165) is 67.9 Å². The number of amides is 2. The number of fused-ring (bicyclic) bond motifs is 2. The van der Waals surface area contributed by atoms with Gasteiger partial charge in [0.1, 0.15) is 17.5 Å². The number of benzene rings is 1. The second-order valence-electron chi connectivity index (χ2n) is 13.1. The molecule has 1 saturated heterocycles. The molecule has 8 heteroatoms. The highest BCUT2D eigenvalue weighted by Gasteiger charge is 2.37. The summed E-state index contributed by atoms with van der Waals surface area (Å²) in [4.78, 5) is 47.8. The summed E-state index contributed by atoms with van der Waals surface area (Å²) in [5.74, 6) is 1.07. The Kier molecular flexibility index (Phi) is 8.60. The summed E-state index contributed by atoms with van der Waals surface area (Å²) in [6, 6.07) is 5.30. The molecule has 8 nitrogen and oxygen atoms in total. The number of hydrogen-bond acceptors (Lipinski definition) is 5. The van der Waals surface area contributed by atoms with Gasteiger partial charge in [0.05, 0.1) is 12.3 Å². The molecule has 2 aliphatic heterocycles. The third kappa shape index (κ3) is 6.22. The van der Waals surface area contributed by atoms with Gasteiger partial charge in [-0.2, -0.15) is 0 Å². The normalized spacial score (nSPS) is 19.5. The molecule has 3 aliphatic rings. The van der Waals surface area contributed by atoms with Crippen LogP contribution in [0.25, 0.3) is 0 Å². The predicted octanol–water partition coefficient (Wildman–Crippen LogP) is 5.08. The van der Waals surface area contributed by atoms with Crippen LogP contribution in [0.2, 0.25) is 0 Å². The number of aromatic amines is 1. The first kappa shape index (κ1) is 29.4. The molecule has 1 fully saturated rings. The molecule has 0 spiro atoms. The van der Waals surface area contributed by atoms with Crippen molar-refractivity contribution in [3.63, 3.8) is 0 Å². The van der Waals surface area contributed by atoms with Gasteiger partial charge >= 0.3 is 0 Å². The Hall–Kier alpha value is -3.13. The molecular formula is C33H46N4O4. The number of H-pyrrole nitrogens is 1. The quantitative estimate of drug-likeness (QED) is 0.445. The third-order valence-electron chi connectivity index (χ3n) is 9.14. The SMILES string of the molecule is CCCC[C@H](NC(=O)c1[nH]c2c(c1C)C(=O)CC(C)(C)C2)C(=O)N1CCc2c(OCC3CCN(C)CC3)cccc21. The minimum absolute atomic E-state index is 0.0742. The Morgan fingerprint density at radius 3 is 2.66 bits per heavy atom. The number of carbonyl (C=O) groups excluding carboxylic acids is 3. The molecule has 5 rings (SSSR count). The molecule has 0 radical (unpaired) electrons. The van der Waals surface area contributed by atoms with Crippen molar-refractivity contribution in [1.29, 1.82) is 0 Å². The molecule has 222 valence electrons. The zero-order valence-electron chi connectivity index (χ0n) is 25.4. The van der Waals surface area contributed by atoms with Gasteiger partial charge in [0, 0.05) is 29.8 Å². The van der Waals surface area contributed by atoms with Gasteiger partial charge in [-0.3, -0.25) is 14.4 Å². The molecule has 2 N–H and O–H groups in total. The summed E-state index contributed by atoms with van der Waals surface area (Å²) >= 11 is 0. The molecule has 1 atom stereocenters. The van der Waals surface area contributed by atoms with Crippen molar-refractivity contribution in [2.75, 3.05) is 38.2 Å². The van der Waals surface area contributed by atoms with E-state index < -0.39 is 6.04 Å². The molecule has 0 bridgehead atoms. The van der Waals surface area contributed by atoms with Crippen LogP contribution in [0.15, 0.2) is 18.2 Å². The Bertz CT molecular complexity index is 1300. The number of aromatic nitrogens is 1. The highest BCUT2D eigenvalue weighted by atomic mass is 16.5. The smallest absolute Gasteiger partial charge is 0.268 e. The van der Waals surface area contributed by atoms with Crippen LogP contribution >= 0.6 is 0 Å². The topological polar surface area (TPSA) is 94.7 Å². The number of rotatable bonds is 9. The third-order valence-corrected chi connectivity index (χ3v) is 9.14. The second kappa shape index (κ2) is 12.0. The van der Waals surface area contributed by atoms with Crippen LogP contribution in [0.3, 0.4) is 0 Å². The van der Waals surface area contributed by atoms with Gasteiger partial charge in [-0.05, 0) is 88.2 Å². The second-order valence-corrected chi connectivity index (χ2v) is 13.1. The number of nitrogens with zero attached hydrogens (tertiary/aromatic N) is 2. The standard InChI is InChI=1S/C33H46N4O4/c1-6-7-9-24(35-31(39)30-21(2)29-25(34-30)18-33(3,4)19-27(29)38)32(40)37-17-14-23-26(37)10-8-11-28(23)41-20-22-12-15-36(5)16-13-22/h8,10-11,22,24,34H,6-7,9,12-20H2,1-5H3,(H,35,39)/t24-/m0/s1. The highest BCUT2D eigenvalue weighted by Crippen LogP contribution is 2.38. The van der Waals surface area contributed by atoms with E-state index in [4.69, 9.17) is 4.74 Å². The van der Waals surface area contributed by atoms with Crippen LogP contribution in [0.1, 0.15) is 97.0 Å². The zero-order chi connectivity index (χ0) is 29.3. The van der Waals surface area contributed by atoms with Gasteiger partial charge in [-0.15, -0.1) is 0 Å². The molecular weight excluding hydrogens is 516 g/mol. The first-order valence-corrected chi connectivity index (χ1v) is 15.4. The van der Waals surface area contributed by atoms with Crippen molar-refractivity contribution in [1.82, 2.24) is 15.2 Å². The highest BCUT2D eigenvalue weighted by molar-refractivity contribution is 6.06. The van der Waals surface area contributed by atoms with E-state index in [1.54, 1.807) is 0 Å². The Morgan fingerprint density at radius 2 is 1.93 bits per heavy atom. The monoisotopic (exact) mass is 562 g/mol. The minimum atomic E-state index is -0.649. The van der Waals surface area contributed by atoms with Gasteiger partial charge in [0.2, 0.25) is 5.91 Å². The number of likely N-dealkylation sites (tertiary alicyclic amines) is 1. The van der Waals surface area contributed by atoms with Gasteiger partial charge in [-0.1, -0.05) is 39.7 Å². The number of ketones is 1. The van der Waals surface area contributed by atoms with Crippen LogP contribution in [-0.2, 0) is 17.6 Å². The molecule has 2 amide bonds. The Labute approximate surface area is 244 Å². The fourth-order valence-electron chi connectivity index (χ4n) is 6.75. The summed E-state index contributed by atoms with van der Waals surface area (Å²) in [6.45, 7) is 11.5. The zero-order valence-corrected chi connectivity index (χ0v) is 25.4. The average Bonchev–Trinajstić information content (AvgIpc) is 3.51. The van der Waals surface area contributed by atoms with Gasteiger partial charge in [0.25, 0.3) is 5.91 Å². The largest absolute Gasteiger partial charge is 0.493 e. The predicted molar refractivity (Wildman–Crippen MR) is 161 cm³/mol. The van der Waals surface area contributed by atoms with E-state index in [1.165, 1.54) is 0 Å². The first-order valence-electron chi connectivity index (χ1n) is 15.4. The van der Waals surface area contributed by atoms with E-state index in [-0.39, 0.29) is 23.0 Å². The van der Waals surface area contributed by atoms with E-state index in [9.17, 15) is 14.4 Å². The number of unbranched alkanes of at least 4 members (excludes halogenated alkanes) is 1. The maximum absolute atomic E-state index is 13.9. The Balaban J connectivity index is 1.31. The molecule has 1 aliphatic carbocycles. The minimum Gasteiger partial charge on any atom is -0.493 e. The lowest BCUT2D eigenvalue weighted by molar-refractivity contribution is -0.120. The van der Waals surface area contributed by atoms with Crippen molar-refractivity contribution < 1.29 is 19.1 Å². The fraction of sp³-hybridized carbons (Fsp3) is 0.606. The molecule has 0 unspecified atom stereocenters. The number of anilines is 1. The lowest BCUT2D eigenvalue weighted by Gasteiger charge is -2.29. The summed E-state index contributed by atoms with van der Waals surface area (Å²) < 4.78 is 6.32. The van der Waals surface area contributed by atoms with Crippen LogP contribution in [-0.4, -0.2) is 66.8 Å². The summed E-state index contributed by atoms with van der Waals surface area (Å²) in [5, 5.41) is 3.04. The van der Waals surface area contributed by atoms with Crippen LogP contribution < -0.4 is 15.0 Å². The molecule has 41 heavy (non-hydrogen) atoms. The number of Topliss-reactive ketones (excluding diaryl/α,β-unsaturated/α-hetero) is 1. The van der Waals surface area contributed by atoms with Gasteiger partial charge < -0.3 is 24.8 Å². The van der Waals surface area contributed by atoms with Crippen molar-refractivity contribution in [3.8, 4) is 5.75 Å². The summed E-state index contributed by atoms with van der Waals surface area (Å²) in [5.41, 5.74) is 4.35. The van der Waals surface area contributed by atoms with E-state index >= 15 is 0 Å². The molecule has 3 heterocycles. The van der Waals surface area contributed by atoms with E-state index in [1.807, 2.05) is 30.0 Å². The lowest BCUT2D eigenvalue weighted by atomic mass is 9.75. The van der Waals surface area contributed by atoms with Gasteiger partial charge in [-0.25, -0.2) is 0 Å². The van der Waals surface area contributed by atoms with Crippen molar-refractivity contribution in [2.24, 2.45) is 11.3 Å². The molecule has 1 aromatic heterocycles. The van der Waals surface area contributed by atoms with E-state index in [2.05, 4.69) is 43.0 Å². The number of nitrogens with one attached hydrogen (secondary N) is 2. The maximum atomic E-state index is 13.9. The Morgan fingerprint density at radius 1 is 1.17 bits per heavy atom. The number of hydrogen-bond donors (Lipinski definition) is 2. The van der Waals surface area contributed by atoms with Crippen molar-refractivity contribution >= 4 is 23.3 Å².